The van der Waals surface area contributed by atoms with Gasteiger partial charge < -0.3 is 0 Å². The molecular weight excluding hydrogens is 180 g/mol. The molecule has 0 aliphatic heterocycles. The largest absolute Gasteiger partial charge is 0.0990 e. The van der Waals surface area contributed by atoms with Crippen LogP contribution in [-0.4, -0.2) is 0 Å². The van der Waals surface area contributed by atoms with E-state index in [4.69, 9.17) is 0 Å². The summed E-state index contributed by atoms with van der Waals surface area (Å²) < 4.78 is 0. The minimum atomic E-state index is 0.515. The number of hydrogen-bond acceptors (Lipinski definition) is 0. The van der Waals surface area contributed by atoms with E-state index in [9.17, 15) is 0 Å². The maximum absolute atomic E-state index is 4.46. The van der Waals surface area contributed by atoms with Gasteiger partial charge in [0.1, 0.15) is 0 Å². The monoisotopic (exact) mass is 204 g/mol. The van der Waals surface area contributed by atoms with Crippen LogP contribution in [0, 0.1) is 28.6 Å². The third-order valence-corrected chi connectivity index (χ3v) is 6.07. The molecular formula is C15H24. The highest BCUT2D eigenvalue weighted by Crippen LogP contribution is 2.70. The van der Waals surface area contributed by atoms with Crippen LogP contribution in [0.4, 0.5) is 0 Å². The summed E-state index contributed by atoms with van der Waals surface area (Å²) in [5.74, 6) is 2.79. The quantitative estimate of drug-likeness (QED) is 0.513. The highest BCUT2D eigenvalue weighted by Gasteiger charge is 2.61. The van der Waals surface area contributed by atoms with Gasteiger partial charge in [-0.25, -0.2) is 0 Å². The molecule has 0 amide bonds. The van der Waals surface area contributed by atoms with Gasteiger partial charge in [-0.1, -0.05) is 39.3 Å². The van der Waals surface area contributed by atoms with Crippen LogP contribution < -0.4 is 0 Å². The van der Waals surface area contributed by atoms with Crippen LogP contribution in [-0.2, 0) is 0 Å². The normalized spacial score (nSPS) is 51.9. The Morgan fingerprint density at radius 1 is 1.13 bits per heavy atom. The summed E-state index contributed by atoms with van der Waals surface area (Å²) >= 11 is 0. The molecule has 0 aromatic rings. The Kier molecular flexibility index (Phi) is 1.79. The van der Waals surface area contributed by atoms with Crippen molar-refractivity contribution in [1.29, 1.82) is 0 Å². The minimum absolute atomic E-state index is 0.515. The van der Waals surface area contributed by atoms with Gasteiger partial charge in [0.2, 0.25) is 0 Å². The molecule has 0 heterocycles. The van der Waals surface area contributed by atoms with Crippen molar-refractivity contribution in [3.05, 3.63) is 12.2 Å². The molecule has 4 bridgehead atoms. The molecule has 0 aromatic heterocycles. The zero-order valence-electron chi connectivity index (χ0n) is 10.5. The molecule has 3 fully saturated rings. The third-order valence-electron chi connectivity index (χ3n) is 6.07. The fourth-order valence-corrected chi connectivity index (χ4v) is 5.28. The number of allylic oxidation sites excluding steroid dienone is 1. The Morgan fingerprint density at radius 2 is 1.87 bits per heavy atom. The van der Waals surface area contributed by atoms with Crippen molar-refractivity contribution >= 4 is 0 Å². The average molecular weight is 204 g/mol. The maximum atomic E-state index is 4.46. The van der Waals surface area contributed by atoms with Crippen LogP contribution in [0.2, 0.25) is 0 Å². The lowest BCUT2D eigenvalue weighted by atomic mass is 9.69. The average Bonchev–Trinajstić information content (AvgIpc) is 2.63. The second-order valence-electron chi connectivity index (χ2n) is 7.10. The molecule has 0 N–H and O–H groups in total. The SMILES string of the molecule is C=C1C2CC[C@H]3C2C(C)(C)CCC[C@@]13C. The van der Waals surface area contributed by atoms with Crippen molar-refractivity contribution < 1.29 is 0 Å². The van der Waals surface area contributed by atoms with Gasteiger partial charge in [0.05, 0.1) is 0 Å². The smallest absolute Gasteiger partial charge is 0.00849 e. The van der Waals surface area contributed by atoms with Gasteiger partial charge in [-0.3, -0.25) is 0 Å². The summed E-state index contributed by atoms with van der Waals surface area (Å²) in [6.07, 6.45) is 7.18. The lowest BCUT2D eigenvalue weighted by Gasteiger charge is -2.35. The van der Waals surface area contributed by atoms with Crippen molar-refractivity contribution in [3.63, 3.8) is 0 Å². The first-order valence-electron chi connectivity index (χ1n) is 6.66. The summed E-state index contributed by atoms with van der Waals surface area (Å²) in [4.78, 5) is 0. The second kappa shape index (κ2) is 2.70. The highest BCUT2D eigenvalue weighted by molar-refractivity contribution is 5.29. The van der Waals surface area contributed by atoms with E-state index >= 15 is 0 Å². The van der Waals surface area contributed by atoms with Crippen LogP contribution in [0.5, 0.6) is 0 Å². The van der Waals surface area contributed by atoms with Crippen molar-refractivity contribution in [1.82, 2.24) is 0 Å². The summed E-state index contributed by atoms with van der Waals surface area (Å²) in [6.45, 7) is 12.0. The molecule has 0 aromatic carbocycles. The minimum Gasteiger partial charge on any atom is -0.0990 e. The van der Waals surface area contributed by atoms with Crippen LogP contribution in [0.25, 0.3) is 0 Å². The van der Waals surface area contributed by atoms with Crippen LogP contribution in [0.1, 0.15) is 52.9 Å². The topological polar surface area (TPSA) is 0 Å². The predicted octanol–water partition coefficient (Wildman–Crippen LogP) is 4.42. The zero-order valence-corrected chi connectivity index (χ0v) is 10.5. The van der Waals surface area contributed by atoms with Crippen molar-refractivity contribution in [2.24, 2.45) is 28.6 Å². The summed E-state index contributed by atoms with van der Waals surface area (Å²) in [6, 6.07) is 0. The van der Waals surface area contributed by atoms with Gasteiger partial charge >= 0.3 is 0 Å². The fourth-order valence-electron chi connectivity index (χ4n) is 5.28. The van der Waals surface area contributed by atoms with E-state index < -0.39 is 0 Å². The number of hydrogen-bond donors (Lipinski definition) is 0. The zero-order chi connectivity index (χ0) is 10.8. The molecule has 84 valence electrons. The Balaban J connectivity index is 2.10. The fraction of sp³-hybridized carbons (Fsp3) is 0.867. The lowest BCUT2D eigenvalue weighted by Crippen LogP contribution is -2.28. The van der Waals surface area contributed by atoms with Crippen molar-refractivity contribution in [3.8, 4) is 0 Å². The first kappa shape index (κ1) is 9.93. The van der Waals surface area contributed by atoms with Gasteiger partial charge in [-0.2, -0.15) is 0 Å². The first-order valence-corrected chi connectivity index (χ1v) is 6.66. The van der Waals surface area contributed by atoms with Crippen LogP contribution in [0.3, 0.4) is 0 Å². The van der Waals surface area contributed by atoms with Gasteiger partial charge in [-0.15, -0.1) is 0 Å². The molecule has 0 nitrogen and oxygen atoms in total. The number of rotatable bonds is 0. The predicted molar refractivity (Wildman–Crippen MR) is 64.6 cm³/mol. The van der Waals surface area contributed by atoms with E-state index in [0.29, 0.717) is 10.8 Å². The Hall–Kier alpha value is -0.260. The highest BCUT2D eigenvalue weighted by atomic mass is 14.7. The van der Waals surface area contributed by atoms with Crippen molar-refractivity contribution in [2.45, 2.75) is 52.9 Å². The van der Waals surface area contributed by atoms with Crippen molar-refractivity contribution in [2.75, 3.05) is 0 Å². The first-order chi connectivity index (χ1) is 6.97. The van der Waals surface area contributed by atoms with E-state index in [2.05, 4.69) is 27.4 Å². The third kappa shape index (κ3) is 1.04. The lowest BCUT2D eigenvalue weighted by molar-refractivity contribution is 0.141. The molecule has 4 atom stereocenters. The standard InChI is InChI=1S/C15H24/c1-10-11-6-7-12-13(11)14(2,3)8-5-9-15(10,12)4/h11-13H,1,5-9H2,2-4H3/t11?,12-,13?,15-/m0/s1. The molecule has 0 radical (unpaired) electrons. The molecule has 3 aliphatic carbocycles. The van der Waals surface area contributed by atoms with E-state index in [1.54, 1.807) is 5.57 Å². The molecule has 0 spiro atoms. The Morgan fingerprint density at radius 3 is 2.60 bits per heavy atom. The van der Waals surface area contributed by atoms with E-state index in [-0.39, 0.29) is 0 Å². The van der Waals surface area contributed by atoms with Gasteiger partial charge in [0.25, 0.3) is 0 Å². The Bertz CT molecular complexity index is 312. The molecule has 3 rings (SSSR count). The van der Waals surface area contributed by atoms with E-state index in [1.807, 2.05) is 0 Å². The summed E-state index contributed by atoms with van der Waals surface area (Å²) in [5, 5.41) is 0. The van der Waals surface area contributed by atoms with E-state index in [0.717, 1.165) is 17.8 Å². The van der Waals surface area contributed by atoms with E-state index in [1.165, 1.54) is 32.1 Å². The maximum Gasteiger partial charge on any atom is -0.00849 e. The summed E-state index contributed by atoms with van der Waals surface area (Å²) in [7, 11) is 0. The molecule has 3 saturated carbocycles. The molecule has 15 heavy (non-hydrogen) atoms. The van der Waals surface area contributed by atoms with Crippen LogP contribution in [0.15, 0.2) is 12.2 Å². The molecule has 2 unspecified atom stereocenters. The molecule has 0 heteroatoms. The van der Waals surface area contributed by atoms with Gasteiger partial charge in [0, 0.05) is 0 Å². The summed E-state index contributed by atoms with van der Waals surface area (Å²) in [5.41, 5.74) is 2.71. The molecule has 0 saturated heterocycles. The second-order valence-corrected chi connectivity index (χ2v) is 7.10. The van der Waals surface area contributed by atoms with Gasteiger partial charge in [0.15, 0.2) is 0 Å². The van der Waals surface area contributed by atoms with Gasteiger partial charge in [-0.05, 0) is 54.3 Å². The van der Waals surface area contributed by atoms with Crippen LogP contribution >= 0.6 is 0 Å². The molecule has 3 aliphatic rings. The Labute approximate surface area is 94.1 Å².